The molecule has 0 radical (unpaired) electrons. The topological polar surface area (TPSA) is 76.4 Å². The fourth-order valence-electron chi connectivity index (χ4n) is 3.56. The average molecular weight is 512 g/mol. The van der Waals surface area contributed by atoms with Crippen LogP contribution in [0.4, 0.5) is 0 Å². The van der Waals surface area contributed by atoms with Gasteiger partial charge in [0.05, 0.1) is 18.7 Å². The van der Waals surface area contributed by atoms with Gasteiger partial charge in [-0.15, -0.1) is 34.2 Å². The zero-order valence-corrected chi connectivity index (χ0v) is 20.5. The SMILES string of the molecule is COC1(C)CC(NC(=NCc2ccccc2)NCc2nnc(C)n2C)C1(C)C.I. The van der Waals surface area contributed by atoms with Crippen LogP contribution in [-0.2, 0) is 24.9 Å². The Balaban J connectivity index is 0.00000300. The normalized spacial score (nSPS) is 23.1. The van der Waals surface area contributed by atoms with Crippen LogP contribution in [-0.4, -0.2) is 39.5 Å². The largest absolute Gasteiger partial charge is 0.378 e. The van der Waals surface area contributed by atoms with Crippen LogP contribution in [0.3, 0.4) is 0 Å². The summed E-state index contributed by atoms with van der Waals surface area (Å²) in [6, 6.07) is 10.5. The summed E-state index contributed by atoms with van der Waals surface area (Å²) in [5.41, 5.74) is 1.04. The standard InChI is InChI=1S/C21H32N6O.HI/c1-15-25-26-18(27(15)5)14-23-19(22-13-16-10-8-7-9-11-16)24-17-12-21(4,28-6)20(17,2)3;/h7-11,17H,12-14H2,1-6H3,(H2,22,23,24);1H. The van der Waals surface area contributed by atoms with Crippen LogP contribution in [0.25, 0.3) is 0 Å². The highest BCUT2D eigenvalue weighted by molar-refractivity contribution is 14.0. The van der Waals surface area contributed by atoms with E-state index in [1.54, 1.807) is 7.11 Å². The molecule has 3 rings (SSSR count). The van der Waals surface area contributed by atoms with Gasteiger partial charge in [-0.2, -0.15) is 0 Å². The number of aryl methyl sites for hydroxylation is 1. The van der Waals surface area contributed by atoms with Crippen molar-refractivity contribution in [2.24, 2.45) is 17.5 Å². The molecule has 2 atom stereocenters. The van der Waals surface area contributed by atoms with Crippen molar-refractivity contribution in [3.63, 3.8) is 0 Å². The Hall–Kier alpha value is -1.68. The molecule has 2 aromatic rings. The van der Waals surface area contributed by atoms with E-state index in [0.29, 0.717) is 13.1 Å². The summed E-state index contributed by atoms with van der Waals surface area (Å²) in [5.74, 6) is 2.55. The lowest BCUT2D eigenvalue weighted by Crippen LogP contribution is -2.69. The van der Waals surface area contributed by atoms with Crippen molar-refractivity contribution >= 4 is 29.9 Å². The van der Waals surface area contributed by atoms with E-state index < -0.39 is 0 Å². The minimum Gasteiger partial charge on any atom is -0.378 e. The Labute approximate surface area is 190 Å². The third-order valence-electron chi connectivity index (χ3n) is 6.45. The average Bonchev–Trinajstić information content (AvgIpc) is 3.01. The maximum atomic E-state index is 5.76. The summed E-state index contributed by atoms with van der Waals surface area (Å²) in [7, 11) is 3.76. The van der Waals surface area contributed by atoms with Gasteiger partial charge in [-0.05, 0) is 25.8 Å². The van der Waals surface area contributed by atoms with Crippen molar-refractivity contribution < 1.29 is 4.74 Å². The molecule has 1 aromatic heterocycles. The molecule has 8 heteroatoms. The first-order chi connectivity index (χ1) is 13.3. The van der Waals surface area contributed by atoms with Crippen LogP contribution in [0.1, 0.15) is 44.4 Å². The number of nitrogens with zero attached hydrogens (tertiary/aromatic N) is 4. The Bertz CT molecular complexity index is 835. The van der Waals surface area contributed by atoms with E-state index in [0.717, 1.165) is 24.0 Å². The highest BCUT2D eigenvalue weighted by Crippen LogP contribution is 2.51. The Morgan fingerprint density at radius 3 is 2.48 bits per heavy atom. The lowest BCUT2D eigenvalue weighted by atomic mass is 9.56. The fraction of sp³-hybridized carbons (Fsp3) is 0.571. The molecule has 1 fully saturated rings. The first-order valence-corrected chi connectivity index (χ1v) is 9.75. The molecule has 7 nitrogen and oxygen atoms in total. The number of hydrogen-bond acceptors (Lipinski definition) is 4. The van der Waals surface area contributed by atoms with Gasteiger partial charge in [-0.1, -0.05) is 44.2 Å². The predicted octanol–water partition coefficient (Wildman–Crippen LogP) is 3.18. The summed E-state index contributed by atoms with van der Waals surface area (Å²) < 4.78 is 7.74. The van der Waals surface area contributed by atoms with Crippen molar-refractivity contribution in [2.75, 3.05) is 7.11 Å². The van der Waals surface area contributed by atoms with Crippen molar-refractivity contribution in [3.8, 4) is 0 Å². The van der Waals surface area contributed by atoms with E-state index in [-0.39, 0.29) is 41.0 Å². The van der Waals surface area contributed by atoms with E-state index in [1.165, 1.54) is 5.56 Å². The summed E-state index contributed by atoms with van der Waals surface area (Å²) in [5, 5.41) is 15.4. The molecule has 0 bridgehead atoms. The Morgan fingerprint density at radius 1 is 1.24 bits per heavy atom. The lowest BCUT2D eigenvalue weighted by molar-refractivity contribution is -0.176. The van der Waals surface area contributed by atoms with Gasteiger partial charge in [0.1, 0.15) is 5.82 Å². The molecule has 2 N–H and O–H groups in total. The minimum absolute atomic E-state index is 0. The predicted molar refractivity (Wildman–Crippen MR) is 126 cm³/mol. The molecule has 29 heavy (non-hydrogen) atoms. The molecule has 0 aliphatic heterocycles. The smallest absolute Gasteiger partial charge is 0.192 e. The van der Waals surface area contributed by atoms with Gasteiger partial charge in [-0.25, -0.2) is 4.99 Å². The molecule has 0 spiro atoms. The highest BCUT2D eigenvalue weighted by Gasteiger charge is 2.58. The van der Waals surface area contributed by atoms with Gasteiger partial charge in [-0.3, -0.25) is 0 Å². The number of ether oxygens (including phenoxy) is 1. The molecule has 1 aliphatic carbocycles. The number of nitrogens with one attached hydrogen (secondary N) is 2. The van der Waals surface area contributed by atoms with Crippen LogP contribution in [0.5, 0.6) is 0 Å². The number of guanidine groups is 1. The molecule has 160 valence electrons. The quantitative estimate of drug-likeness (QED) is 0.353. The fourth-order valence-corrected chi connectivity index (χ4v) is 3.56. The first-order valence-electron chi connectivity index (χ1n) is 9.75. The van der Waals surface area contributed by atoms with Gasteiger partial charge in [0.2, 0.25) is 0 Å². The van der Waals surface area contributed by atoms with Crippen LogP contribution in [0.2, 0.25) is 0 Å². The number of rotatable bonds is 6. The molecule has 0 amide bonds. The third-order valence-corrected chi connectivity index (χ3v) is 6.45. The Kier molecular flexibility index (Phi) is 7.67. The summed E-state index contributed by atoms with van der Waals surface area (Å²) in [4.78, 5) is 4.80. The molecule has 1 aromatic carbocycles. The zero-order chi connectivity index (χ0) is 20.4. The monoisotopic (exact) mass is 512 g/mol. The zero-order valence-electron chi connectivity index (χ0n) is 18.2. The number of hydrogen-bond donors (Lipinski definition) is 2. The maximum absolute atomic E-state index is 5.76. The van der Waals surface area contributed by atoms with E-state index in [2.05, 4.69) is 53.7 Å². The molecule has 1 heterocycles. The number of methoxy groups -OCH3 is 1. The third kappa shape index (κ3) is 4.91. The second-order valence-corrected chi connectivity index (χ2v) is 8.28. The number of halogens is 1. The molecule has 1 aliphatic rings. The summed E-state index contributed by atoms with van der Waals surface area (Å²) in [6.07, 6.45) is 0.936. The number of benzene rings is 1. The van der Waals surface area contributed by atoms with Crippen molar-refractivity contribution in [2.45, 2.75) is 58.8 Å². The molecular weight excluding hydrogens is 479 g/mol. The van der Waals surface area contributed by atoms with Gasteiger partial charge >= 0.3 is 0 Å². The lowest BCUT2D eigenvalue weighted by Gasteiger charge is -2.59. The number of aromatic nitrogens is 3. The second kappa shape index (κ2) is 9.42. The van der Waals surface area contributed by atoms with Crippen LogP contribution in [0.15, 0.2) is 35.3 Å². The second-order valence-electron chi connectivity index (χ2n) is 8.28. The molecule has 2 unspecified atom stereocenters. The molecule has 1 saturated carbocycles. The summed E-state index contributed by atoms with van der Waals surface area (Å²) in [6.45, 7) is 9.76. The molecular formula is C21H33IN6O. The van der Waals surface area contributed by atoms with Crippen molar-refractivity contribution in [1.29, 1.82) is 0 Å². The Morgan fingerprint density at radius 2 is 1.93 bits per heavy atom. The van der Waals surface area contributed by atoms with E-state index >= 15 is 0 Å². The van der Waals surface area contributed by atoms with Crippen molar-refractivity contribution in [3.05, 3.63) is 47.5 Å². The van der Waals surface area contributed by atoms with Gasteiger partial charge in [0.15, 0.2) is 11.8 Å². The minimum atomic E-state index is -0.129. The highest BCUT2D eigenvalue weighted by atomic mass is 127. The van der Waals surface area contributed by atoms with E-state index in [1.807, 2.05) is 36.7 Å². The van der Waals surface area contributed by atoms with Crippen LogP contribution in [0, 0.1) is 12.3 Å². The van der Waals surface area contributed by atoms with Gasteiger partial charge in [0.25, 0.3) is 0 Å². The van der Waals surface area contributed by atoms with Crippen LogP contribution < -0.4 is 10.6 Å². The number of aliphatic imine (C=N–C) groups is 1. The maximum Gasteiger partial charge on any atom is 0.192 e. The van der Waals surface area contributed by atoms with Gasteiger partial charge < -0.3 is 19.9 Å². The first kappa shape index (κ1) is 23.6. The van der Waals surface area contributed by atoms with Gasteiger partial charge in [0, 0.05) is 25.6 Å². The summed E-state index contributed by atoms with van der Waals surface area (Å²) >= 11 is 0. The van der Waals surface area contributed by atoms with Crippen molar-refractivity contribution in [1.82, 2.24) is 25.4 Å². The van der Waals surface area contributed by atoms with E-state index in [4.69, 9.17) is 9.73 Å². The van der Waals surface area contributed by atoms with E-state index in [9.17, 15) is 0 Å². The molecule has 0 saturated heterocycles. The van der Waals surface area contributed by atoms with Crippen LogP contribution >= 0.6 is 24.0 Å².